The van der Waals surface area contributed by atoms with E-state index in [0.29, 0.717) is 29.7 Å². The van der Waals surface area contributed by atoms with Crippen LogP contribution in [0.15, 0.2) is 73.1 Å². The lowest BCUT2D eigenvalue weighted by Gasteiger charge is -2.32. The Hall–Kier alpha value is -4.04. The summed E-state index contributed by atoms with van der Waals surface area (Å²) < 4.78 is 7.07. The van der Waals surface area contributed by atoms with E-state index in [1.165, 1.54) is 5.56 Å². The second-order valence-corrected chi connectivity index (χ2v) is 9.28. The standard InChI is InChI=1S/C29H32N6O2/c1-21-25(28(36)30-16-19-34-17-13-23(14-18-34)22-8-4-3-5-9-22)20-32-35(21)29-31-15-12-26(33-29)24-10-6-7-11-27(24)37-2/h3-12,15,20,23H,13-14,16-19H2,1-2H3,(H,30,36). The minimum atomic E-state index is -0.135. The highest BCUT2D eigenvalue weighted by Gasteiger charge is 2.21. The fraction of sp³-hybridized carbons (Fsp3) is 0.310. The number of nitrogens with zero attached hydrogens (tertiary/aromatic N) is 5. The molecule has 1 N–H and O–H groups in total. The van der Waals surface area contributed by atoms with Crippen LogP contribution in [0.5, 0.6) is 5.75 Å². The minimum absolute atomic E-state index is 0.135. The van der Waals surface area contributed by atoms with Gasteiger partial charge in [-0.1, -0.05) is 42.5 Å². The summed E-state index contributed by atoms with van der Waals surface area (Å²) in [6.07, 6.45) is 5.57. The quantitative estimate of drug-likeness (QED) is 0.393. The number of carbonyl (C=O) groups excluding carboxylic acids is 1. The first-order valence-electron chi connectivity index (χ1n) is 12.7. The van der Waals surface area contributed by atoms with Crippen LogP contribution in [-0.2, 0) is 0 Å². The van der Waals surface area contributed by atoms with Gasteiger partial charge >= 0.3 is 0 Å². The number of methoxy groups -OCH3 is 1. The van der Waals surface area contributed by atoms with Gasteiger partial charge in [-0.25, -0.2) is 14.6 Å². The topological polar surface area (TPSA) is 85.2 Å². The SMILES string of the molecule is COc1ccccc1-c1ccnc(-n2ncc(C(=O)NCCN3CCC(c4ccccc4)CC3)c2C)n1. The number of hydrogen-bond donors (Lipinski definition) is 1. The molecule has 1 saturated heterocycles. The molecular formula is C29H32N6O2. The maximum absolute atomic E-state index is 12.9. The zero-order valence-electron chi connectivity index (χ0n) is 21.3. The molecule has 0 spiro atoms. The van der Waals surface area contributed by atoms with Crippen LogP contribution in [-0.4, -0.2) is 63.8 Å². The van der Waals surface area contributed by atoms with Gasteiger partial charge in [0, 0.05) is 24.8 Å². The molecule has 0 atom stereocenters. The maximum Gasteiger partial charge on any atom is 0.254 e. The van der Waals surface area contributed by atoms with E-state index >= 15 is 0 Å². The van der Waals surface area contributed by atoms with Crippen molar-refractivity contribution in [2.75, 3.05) is 33.3 Å². The Balaban J connectivity index is 1.18. The van der Waals surface area contributed by atoms with Crippen molar-refractivity contribution >= 4 is 5.91 Å². The Morgan fingerprint density at radius 1 is 1.05 bits per heavy atom. The van der Waals surface area contributed by atoms with Crippen LogP contribution in [0.2, 0.25) is 0 Å². The Bertz CT molecular complexity index is 1350. The molecule has 2 aromatic heterocycles. The second kappa shape index (κ2) is 11.3. The van der Waals surface area contributed by atoms with Crippen molar-refractivity contribution in [3.8, 4) is 23.0 Å². The normalized spacial score (nSPS) is 14.4. The highest BCUT2D eigenvalue weighted by molar-refractivity contribution is 5.95. The molecule has 1 amide bonds. The molecule has 4 aromatic rings. The van der Waals surface area contributed by atoms with Gasteiger partial charge in [-0.2, -0.15) is 5.10 Å². The highest BCUT2D eigenvalue weighted by atomic mass is 16.5. The second-order valence-electron chi connectivity index (χ2n) is 9.28. The van der Waals surface area contributed by atoms with Crippen molar-refractivity contribution in [3.63, 3.8) is 0 Å². The van der Waals surface area contributed by atoms with Crippen LogP contribution in [0.3, 0.4) is 0 Å². The number of likely N-dealkylation sites (tertiary alicyclic amines) is 1. The predicted molar refractivity (Wildman–Crippen MR) is 143 cm³/mol. The lowest BCUT2D eigenvalue weighted by molar-refractivity contribution is 0.0945. The van der Waals surface area contributed by atoms with Crippen molar-refractivity contribution in [3.05, 3.63) is 89.9 Å². The van der Waals surface area contributed by atoms with Crippen LogP contribution >= 0.6 is 0 Å². The molecule has 0 unspecified atom stereocenters. The number of carbonyl (C=O) groups is 1. The summed E-state index contributed by atoms with van der Waals surface area (Å²) in [6.45, 7) is 5.39. The van der Waals surface area contributed by atoms with Crippen molar-refractivity contribution in [2.24, 2.45) is 0 Å². The number of ether oxygens (including phenoxy) is 1. The van der Waals surface area contributed by atoms with E-state index in [1.807, 2.05) is 37.3 Å². The number of rotatable bonds is 8. The summed E-state index contributed by atoms with van der Waals surface area (Å²) in [7, 11) is 1.64. The predicted octanol–water partition coefficient (Wildman–Crippen LogP) is 4.26. The molecule has 0 saturated carbocycles. The van der Waals surface area contributed by atoms with Gasteiger partial charge in [-0.05, 0) is 62.5 Å². The average Bonchev–Trinajstić information content (AvgIpc) is 3.35. The third kappa shape index (κ3) is 5.54. The molecule has 8 heteroatoms. The van der Waals surface area contributed by atoms with Gasteiger partial charge in [0.2, 0.25) is 0 Å². The van der Waals surface area contributed by atoms with Crippen molar-refractivity contribution in [1.29, 1.82) is 0 Å². The molecule has 37 heavy (non-hydrogen) atoms. The number of amides is 1. The van der Waals surface area contributed by atoms with Crippen molar-refractivity contribution in [1.82, 2.24) is 30.0 Å². The molecule has 0 bridgehead atoms. The van der Waals surface area contributed by atoms with E-state index in [0.717, 1.165) is 49.5 Å². The molecule has 2 aromatic carbocycles. The third-order valence-electron chi connectivity index (χ3n) is 7.04. The Labute approximate surface area is 217 Å². The average molecular weight is 497 g/mol. The van der Waals surface area contributed by atoms with Gasteiger partial charge in [-0.15, -0.1) is 0 Å². The summed E-state index contributed by atoms with van der Waals surface area (Å²) in [5.74, 6) is 1.63. The number of aromatic nitrogens is 4. The van der Waals surface area contributed by atoms with Crippen molar-refractivity contribution in [2.45, 2.75) is 25.7 Å². The van der Waals surface area contributed by atoms with Gasteiger partial charge in [0.25, 0.3) is 11.9 Å². The van der Waals surface area contributed by atoms with Crippen LogP contribution in [0, 0.1) is 6.92 Å². The van der Waals surface area contributed by atoms with Crippen LogP contribution in [0.25, 0.3) is 17.2 Å². The van der Waals surface area contributed by atoms with E-state index in [-0.39, 0.29) is 5.91 Å². The van der Waals surface area contributed by atoms with Crippen molar-refractivity contribution < 1.29 is 9.53 Å². The molecule has 3 heterocycles. The Morgan fingerprint density at radius 2 is 1.81 bits per heavy atom. The first-order chi connectivity index (χ1) is 18.1. The molecule has 1 aliphatic heterocycles. The van der Waals surface area contributed by atoms with E-state index in [9.17, 15) is 4.79 Å². The first-order valence-corrected chi connectivity index (χ1v) is 12.7. The maximum atomic E-state index is 12.9. The van der Waals surface area contributed by atoms with Gasteiger partial charge in [0.1, 0.15) is 5.75 Å². The number of para-hydroxylation sites is 1. The van der Waals surface area contributed by atoms with Crippen LogP contribution in [0.4, 0.5) is 0 Å². The van der Waals surface area contributed by atoms with Gasteiger partial charge < -0.3 is 15.0 Å². The van der Waals surface area contributed by atoms with Crippen LogP contribution in [0.1, 0.15) is 40.4 Å². The minimum Gasteiger partial charge on any atom is -0.496 e. The number of nitrogens with one attached hydrogen (secondary N) is 1. The lowest BCUT2D eigenvalue weighted by atomic mass is 9.89. The Kier molecular flexibility index (Phi) is 7.56. The molecule has 8 nitrogen and oxygen atoms in total. The molecule has 1 aliphatic rings. The summed E-state index contributed by atoms with van der Waals surface area (Å²) in [4.78, 5) is 24.4. The molecule has 1 fully saturated rings. The number of benzene rings is 2. The summed E-state index contributed by atoms with van der Waals surface area (Å²) >= 11 is 0. The fourth-order valence-corrected chi connectivity index (χ4v) is 4.93. The van der Waals surface area contributed by atoms with Crippen LogP contribution < -0.4 is 10.1 Å². The first kappa shape index (κ1) is 24.6. The van der Waals surface area contributed by atoms with E-state index in [2.05, 4.69) is 55.6 Å². The summed E-state index contributed by atoms with van der Waals surface area (Å²) in [6, 6.07) is 20.3. The number of piperidine rings is 1. The van der Waals surface area contributed by atoms with Gasteiger partial charge in [0.05, 0.1) is 30.3 Å². The van der Waals surface area contributed by atoms with E-state index in [4.69, 9.17) is 4.74 Å². The lowest BCUT2D eigenvalue weighted by Crippen LogP contribution is -2.39. The summed E-state index contributed by atoms with van der Waals surface area (Å²) in [5.41, 5.74) is 4.23. The number of hydrogen-bond acceptors (Lipinski definition) is 6. The smallest absolute Gasteiger partial charge is 0.254 e. The van der Waals surface area contributed by atoms with Gasteiger partial charge in [0.15, 0.2) is 0 Å². The molecule has 0 radical (unpaired) electrons. The van der Waals surface area contributed by atoms with E-state index in [1.54, 1.807) is 24.2 Å². The zero-order valence-corrected chi connectivity index (χ0v) is 21.3. The fourth-order valence-electron chi connectivity index (χ4n) is 4.93. The monoisotopic (exact) mass is 496 g/mol. The van der Waals surface area contributed by atoms with E-state index < -0.39 is 0 Å². The molecule has 5 rings (SSSR count). The van der Waals surface area contributed by atoms with Gasteiger partial charge in [-0.3, -0.25) is 4.79 Å². The highest BCUT2D eigenvalue weighted by Crippen LogP contribution is 2.29. The summed E-state index contributed by atoms with van der Waals surface area (Å²) in [5, 5.41) is 7.46. The zero-order chi connectivity index (χ0) is 25.6. The molecule has 190 valence electrons. The largest absolute Gasteiger partial charge is 0.496 e. The Morgan fingerprint density at radius 3 is 2.59 bits per heavy atom. The molecular weight excluding hydrogens is 464 g/mol. The molecule has 0 aliphatic carbocycles. The third-order valence-corrected chi connectivity index (χ3v) is 7.04.